The first-order valence-electron chi connectivity index (χ1n) is 7.09. The third-order valence-electron chi connectivity index (χ3n) is 4.30. The number of piperidine rings is 1. The van der Waals surface area contributed by atoms with Crippen molar-refractivity contribution >= 4 is 44.5 Å². The quantitative estimate of drug-likeness (QED) is 0.867. The molecule has 1 fully saturated rings. The Morgan fingerprint density at radius 2 is 2.19 bits per heavy atom. The van der Waals surface area contributed by atoms with E-state index in [0.29, 0.717) is 4.75 Å². The van der Waals surface area contributed by atoms with Crippen LogP contribution in [-0.2, 0) is 0 Å². The summed E-state index contributed by atoms with van der Waals surface area (Å²) in [5, 5.41) is 4.58. The average molecular weight is 370 g/mol. The summed E-state index contributed by atoms with van der Waals surface area (Å²) in [6, 6.07) is 2.03. The van der Waals surface area contributed by atoms with Crippen LogP contribution in [0.1, 0.15) is 12.8 Å². The van der Waals surface area contributed by atoms with Crippen LogP contribution in [0.5, 0.6) is 0 Å². The Kier molecular flexibility index (Phi) is 4.42. The number of nitrogens with zero attached hydrogens (tertiary/aromatic N) is 3. The van der Waals surface area contributed by atoms with Gasteiger partial charge in [0.15, 0.2) is 0 Å². The zero-order valence-electron chi connectivity index (χ0n) is 12.3. The molecule has 1 saturated heterocycles. The summed E-state index contributed by atoms with van der Waals surface area (Å²) in [6.45, 7) is 3.27. The van der Waals surface area contributed by atoms with Gasteiger partial charge in [-0.2, -0.15) is 11.8 Å². The fraction of sp³-hybridized carbons (Fsp3) is 0.571. The zero-order valence-corrected chi connectivity index (χ0v) is 14.7. The van der Waals surface area contributed by atoms with Crippen LogP contribution in [0.2, 0.25) is 0 Å². The van der Waals surface area contributed by atoms with Crippen LogP contribution in [-0.4, -0.2) is 57.5 Å². The van der Waals surface area contributed by atoms with Gasteiger partial charge in [-0.15, -0.1) is 0 Å². The molecule has 0 saturated carbocycles. The molecule has 0 aromatic carbocycles. The van der Waals surface area contributed by atoms with Gasteiger partial charge in [0.1, 0.15) is 17.8 Å². The number of aromatic nitrogens is 3. The third kappa shape index (κ3) is 3.19. The molecule has 3 rings (SSSR count). The minimum absolute atomic E-state index is 0.303. The van der Waals surface area contributed by atoms with Gasteiger partial charge in [-0.25, -0.2) is 9.97 Å². The first-order chi connectivity index (χ1) is 10.1. The van der Waals surface area contributed by atoms with Gasteiger partial charge in [-0.05, 0) is 61.2 Å². The van der Waals surface area contributed by atoms with E-state index in [1.165, 1.54) is 12.8 Å². The monoisotopic (exact) mass is 369 g/mol. The number of nitrogens with one attached hydrogen (secondary N) is 2. The predicted octanol–water partition coefficient (Wildman–Crippen LogP) is 2.96. The Morgan fingerprint density at radius 3 is 2.90 bits per heavy atom. The lowest BCUT2D eigenvalue weighted by Crippen LogP contribution is -2.44. The van der Waals surface area contributed by atoms with Gasteiger partial charge >= 0.3 is 0 Å². The Balaban J connectivity index is 1.76. The number of thioether (sulfide) groups is 1. The standard InChI is InChI=1S/C14H20BrN5S/c1-20-5-3-14(21-2,4-6-20)8-16-12-10-7-11(15)19-13(10)18-9-17-12/h7,9H,3-6,8H2,1-2H3,(H2,16,17,18,19). The van der Waals surface area contributed by atoms with Crippen molar-refractivity contribution in [2.75, 3.05) is 38.3 Å². The molecule has 0 bridgehead atoms. The minimum atomic E-state index is 0.303. The van der Waals surface area contributed by atoms with Gasteiger partial charge in [0, 0.05) is 11.3 Å². The number of aromatic amines is 1. The lowest BCUT2D eigenvalue weighted by atomic mass is 9.96. The van der Waals surface area contributed by atoms with Gasteiger partial charge in [0.2, 0.25) is 0 Å². The number of anilines is 1. The van der Waals surface area contributed by atoms with Crippen LogP contribution in [0.3, 0.4) is 0 Å². The fourth-order valence-corrected chi connectivity index (χ4v) is 4.00. The maximum Gasteiger partial charge on any atom is 0.143 e. The number of rotatable bonds is 4. The van der Waals surface area contributed by atoms with Crippen LogP contribution in [0, 0.1) is 0 Å². The van der Waals surface area contributed by atoms with Crippen molar-refractivity contribution in [3.8, 4) is 0 Å². The minimum Gasteiger partial charge on any atom is -0.368 e. The number of H-pyrrole nitrogens is 1. The van der Waals surface area contributed by atoms with E-state index in [1.807, 2.05) is 17.8 Å². The van der Waals surface area contributed by atoms with Crippen molar-refractivity contribution in [2.45, 2.75) is 17.6 Å². The second kappa shape index (κ2) is 6.14. The van der Waals surface area contributed by atoms with Crippen LogP contribution >= 0.6 is 27.7 Å². The molecule has 2 aromatic rings. The molecule has 0 spiro atoms. The van der Waals surface area contributed by atoms with Gasteiger partial charge in [-0.3, -0.25) is 0 Å². The number of halogens is 1. The molecule has 0 radical (unpaired) electrons. The molecule has 0 aliphatic carbocycles. The first kappa shape index (κ1) is 15.1. The van der Waals surface area contributed by atoms with Crippen molar-refractivity contribution in [3.63, 3.8) is 0 Å². The van der Waals surface area contributed by atoms with Crippen LogP contribution in [0.15, 0.2) is 17.0 Å². The van der Waals surface area contributed by atoms with E-state index < -0.39 is 0 Å². The molecule has 21 heavy (non-hydrogen) atoms. The average Bonchev–Trinajstić information content (AvgIpc) is 2.88. The summed E-state index contributed by atoms with van der Waals surface area (Å²) in [5.74, 6) is 0.911. The smallest absolute Gasteiger partial charge is 0.143 e. The summed E-state index contributed by atoms with van der Waals surface area (Å²) in [4.78, 5) is 14.2. The molecule has 114 valence electrons. The summed E-state index contributed by atoms with van der Waals surface area (Å²) >= 11 is 5.43. The number of hydrogen-bond donors (Lipinski definition) is 2. The largest absolute Gasteiger partial charge is 0.368 e. The van der Waals surface area contributed by atoms with E-state index in [4.69, 9.17) is 0 Å². The normalized spacial score (nSPS) is 19.0. The Morgan fingerprint density at radius 1 is 1.43 bits per heavy atom. The van der Waals surface area contributed by atoms with E-state index in [2.05, 4.69) is 54.4 Å². The lowest BCUT2D eigenvalue weighted by molar-refractivity contribution is 0.244. The molecule has 3 heterocycles. The van der Waals surface area contributed by atoms with Crippen LogP contribution in [0.4, 0.5) is 5.82 Å². The molecule has 0 unspecified atom stereocenters. The highest BCUT2D eigenvalue weighted by Gasteiger charge is 2.32. The summed E-state index contributed by atoms with van der Waals surface area (Å²) in [5.41, 5.74) is 0.862. The molecule has 7 heteroatoms. The Bertz CT molecular complexity index is 621. The SMILES string of the molecule is CSC1(CNc2ncnc3[nH]c(Br)cc23)CCN(C)CC1. The molecule has 2 N–H and O–H groups in total. The van der Waals surface area contributed by atoms with E-state index in [1.54, 1.807) is 6.33 Å². The number of fused-ring (bicyclic) bond motifs is 1. The van der Waals surface area contributed by atoms with Crippen molar-refractivity contribution < 1.29 is 0 Å². The molecule has 1 aliphatic heterocycles. The van der Waals surface area contributed by atoms with Gasteiger partial charge in [0.05, 0.1) is 9.99 Å². The molecular formula is C14H20BrN5S. The highest BCUT2D eigenvalue weighted by molar-refractivity contribution is 9.10. The second-order valence-corrected chi connectivity index (χ2v) is 7.77. The molecule has 0 atom stereocenters. The van der Waals surface area contributed by atoms with Gasteiger partial charge in [0.25, 0.3) is 0 Å². The highest BCUT2D eigenvalue weighted by atomic mass is 79.9. The molecule has 2 aromatic heterocycles. The van der Waals surface area contributed by atoms with Crippen molar-refractivity contribution in [2.24, 2.45) is 0 Å². The Hall–Kier alpha value is -0.790. The summed E-state index contributed by atoms with van der Waals surface area (Å²) in [6.07, 6.45) is 6.24. The molecule has 0 amide bonds. The number of hydrogen-bond acceptors (Lipinski definition) is 5. The van der Waals surface area contributed by atoms with Gasteiger partial charge in [-0.1, -0.05) is 0 Å². The summed E-state index contributed by atoms with van der Waals surface area (Å²) < 4.78 is 1.23. The van der Waals surface area contributed by atoms with Gasteiger partial charge < -0.3 is 15.2 Å². The van der Waals surface area contributed by atoms with Crippen molar-refractivity contribution in [3.05, 3.63) is 17.0 Å². The van der Waals surface area contributed by atoms with E-state index in [9.17, 15) is 0 Å². The number of likely N-dealkylation sites (tertiary alicyclic amines) is 1. The second-order valence-electron chi connectivity index (χ2n) is 5.65. The topological polar surface area (TPSA) is 56.8 Å². The first-order valence-corrected chi connectivity index (χ1v) is 9.10. The zero-order chi connectivity index (χ0) is 14.9. The maximum atomic E-state index is 4.40. The Labute approximate surface area is 137 Å². The maximum absolute atomic E-state index is 4.40. The lowest BCUT2D eigenvalue weighted by Gasteiger charge is -2.39. The third-order valence-corrected chi connectivity index (χ3v) is 6.15. The molecule has 5 nitrogen and oxygen atoms in total. The highest BCUT2D eigenvalue weighted by Crippen LogP contribution is 2.35. The van der Waals surface area contributed by atoms with Crippen molar-refractivity contribution in [1.82, 2.24) is 19.9 Å². The van der Waals surface area contributed by atoms with Crippen LogP contribution in [0.25, 0.3) is 11.0 Å². The van der Waals surface area contributed by atoms with E-state index in [-0.39, 0.29) is 0 Å². The molecule has 1 aliphatic rings. The summed E-state index contributed by atoms with van der Waals surface area (Å²) in [7, 11) is 2.20. The molecular weight excluding hydrogens is 350 g/mol. The predicted molar refractivity (Wildman–Crippen MR) is 93.1 cm³/mol. The van der Waals surface area contributed by atoms with Crippen molar-refractivity contribution in [1.29, 1.82) is 0 Å². The van der Waals surface area contributed by atoms with E-state index in [0.717, 1.165) is 41.1 Å². The van der Waals surface area contributed by atoms with E-state index >= 15 is 0 Å². The van der Waals surface area contributed by atoms with Crippen LogP contribution < -0.4 is 5.32 Å². The fourth-order valence-electron chi connectivity index (χ4n) is 2.77.